The molecule has 5 heteroatoms. The minimum absolute atomic E-state index is 0.0649. The molecule has 0 aromatic heterocycles. The summed E-state index contributed by atoms with van der Waals surface area (Å²) >= 11 is 1.97. The highest BCUT2D eigenvalue weighted by Gasteiger charge is 2.05. The lowest BCUT2D eigenvalue weighted by Gasteiger charge is -2.08. The van der Waals surface area contributed by atoms with E-state index in [0.717, 1.165) is 0 Å². The number of carboxylic acid groups (broad SMARTS) is 1. The molecule has 1 aromatic carbocycles. The molecule has 0 radical (unpaired) electrons. The van der Waals surface area contributed by atoms with Crippen LogP contribution in [0.3, 0.4) is 0 Å². The first kappa shape index (κ1) is 12.0. The van der Waals surface area contributed by atoms with E-state index in [4.69, 9.17) is 5.11 Å². The largest absolute Gasteiger partial charge is 0.478 e. The third kappa shape index (κ3) is 3.50. The molecule has 0 bridgehead atoms. The molecular weight excluding hydrogens is 312 g/mol. The Morgan fingerprint density at radius 2 is 2.27 bits per heavy atom. The topological polar surface area (TPSA) is 49.3 Å². The van der Waals surface area contributed by atoms with Gasteiger partial charge < -0.3 is 10.4 Å². The third-order valence-corrected chi connectivity index (χ3v) is 2.62. The Hall–Kier alpha value is -1.11. The summed E-state index contributed by atoms with van der Waals surface area (Å²) in [6.07, 6.45) is 0. The van der Waals surface area contributed by atoms with Gasteiger partial charge in [0.05, 0.1) is 0 Å². The molecule has 0 atom stereocenters. The number of hydrogen-bond acceptors (Lipinski definition) is 2. The highest BCUT2D eigenvalue weighted by molar-refractivity contribution is 14.1. The summed E-state index contributed by atoms with van der Waals surface area (Å²) in [5.74, 6) is -1.36. The lowest BCUT2D eigenvalue weighted by molar-refractivity contribution is -0.132. The van der Waals surface area contributed by atoms with Crippen molar-refractivity contribution in [2.75, 3.05) is 11.9 Å². The van der Waals surface area contributed by atoms with Gasteiger partial charge in [-0.25, -0.2) is 9.18 Å². The monoisotopic (exact) mass is 321 g/mol. The predicted octanol–water partition coefficient (Wildman–Crippen LogP) is 2.48. The average Bonchev–Trinajstić information content (AvgIpc) is 2.15. The summed E-state index contributed by atoms with van der Waals surface area (Å²) in [5.41, 5.74) is 0.759. The molecule has 3 nitrogen and oxygen atoms in total. The molecule has 0 fully saturated rings. The van der Waals surface area contributed by atoms with Crippen molar-refractivity contribution in [3.8, 4) is 0 Å². The van der Waals surface area contributed by atoms with Gasteiger partial charge in [-0.15, -0.1) is 0 Å². The molecule has 0 aliphatic rings. The van der Waals surface area contributed by atoms with Gasteiger partial charge in [-0.3, -0.25) is 0 Å². The van der Waals surface area contributed by atoms with E-state index < -0.39 is 5.97 Å². The van der Waals surface area contributed by atoms with Crippen LogP contribution in [0, 0.1) is 9.39 Å². The van der Waals surface area contributed by atoms with Crippen molar-refractivity contribution in [1.82, 2.24) is 0 Å². The van der Waals surface area contributed by atoms with Gasteiger partial charge in [0.25, 0.3) is 0 Å². The van der Waals surface area contributed by atoms with Crippen molar-refractivity contribution in [3.05, 3.63) is 39.7 Å². The number of halogens is 2. The van der Waals surface area contributed by atoms with E-state index >= 15 is 0 Å². The van der Waals surface area contributed by atoms with E-state index in [0.29, 0.717) is 9.26 Å². The van der Waals surface area contributed by atoms with Crippen LogP contribution in [-0.4, -0.2) is 17.6 Å². The SMILES string of the molecule is C=C(CNc1ccc(F)cc1I)C(=O)O. The first-order valence-electron chi connectivity index (χ1n) is 4.10. The average molecular weight is 321 g/mol. The second kappa shape index (κ2) is 5.11. The lowest BCUT2D eigenvalue weighted by atomic mass is 10.2. The van der Waals surface area contributed by atoms with E-state index in [9.17, 15) is 9.18 Å². The van der Waals surface area contributed by atoms with E-state index in [-0.39, 0.29) is 17.9 Å². The van der Waals surface area contributed by atoms with Gasteiger partial charge in [0.1, 0.15) is 5.82 Å². The van der Waals surface area contributed by atoms with Crippen molar-refractivity contribution < 1.29 is 14.3 Å². The van der Waals surface area contributed by atoms with Gasteiger partial charge >= 0.3 is 5.97 Å². The summed E-state index contributed by atoms with van der Waals surface area (Å²) in [4.78, 5) is 10.5. The molecule has 0 aliphatic carbocycles. The van der Waals surface area contributed by atoms with E-state index in [1.165, 1.54) is 12.1 Å². The van der Waals surface area contributed by atoms with Crippen LogP contribution < -0.4 is 5.32 Å². The van der Waals surface area contributed by atoms with E-state index in [1.807, 2.05) is 22.6 Å². The van der Waals surface area contributed by atoms with Crippen molar-refractivity contribution in [2.45, 2.75) is 0 Å². The summed E-state index contributed by atoms with van der Waals surface area (Å²) in [6.45, 7) is 3.51. The minimum atomic E-state index is -1.04. The van der Waals surface area contributed by atoms with Crippen molar-refractivity contribution in [2.24, 2.45) is 0 Å². The highest BCUT2D eigenvalue weighted by Crippen LogP contribution is 2.19. The Bertz CT molecular complexity index is 406. The zero-order valence-corrected chi connectivity index (χ0v) is 9.92. The Balaban J connectivity index is 2.66. The fourth-order valence-corrected chi connectivity index (χ4v) is 1.58. The van der Waals surface area contributed by atoms with Gasteiger partial charge in [0, 0.05) is 21.4 Å². The molecule has 0 unspecified atom stereocenters. The predicted molar refractivity (Wildman–Crippen MR) is 64.4 cm³/mol. The number of rotatable bonds is 4. The number of benzene rings is 1. The second-order valence-corrected chi connectivity index (χ2v) is 4.05. The second-order valence-electron chi connectivity index (χ2n) is 2.89. The normalized spacial score (nSPS) is 9.73. The Morgan fingerprint density at radius 3 is 2.80 bits per heavy atom. The van der Waals surface area contributed by atoms with E-state index in [2.05, 4.69) is 11.9 Å². The van der Waals surface area contributed by atoms with Crippen molar-refractivity contribution in [1.29, 1.82) is 0 Å². The van der Waals surface area contributed by atoms with Crippen LogP contribution in [0.25, 0.3) is 0 Å². The standard InChI is InChI=1S/C10H9FINO2/c1-6(10(14)15)5-13-9-3-2-7(11)4-8(9)12/h2-4,13H,1,5H2,(H,14,15). The number of nitrogens with one attached hydrogen (secondary N) is 1. The molecule has 1 aromatic rings. The maximum Gasteiger partial charge on any atom is 0.332 e. The number of carbonyl (C=O) groups is 1. The maximum atomic E-state index is 12.7. The highest BCUT2D eigenvalue weighted by atomic mass is 127. The number of hydrogen-bond donors (Lipinski definition) is 2. The van der Waals surface area contributed by atoms with Crippen molar-refractivity contribution in [3.63, 3.8) is 0 Å². The van der Waals surface area contributed by atoms with Gasteiger partial charge in [-0.2, -0.15) is 0 Å². The van der Waals surface area contributed by atoms with Crippen LogP contribution in [-0.2, 0) is 4.79 Å². The van der Waals surface area contributed by atoms with Gasteiger partial charge in [-0.05, 0) is 40.8 Å². The van der Waals surface area contributed by atoms with Gasteiger partial charge in [-0.1, -0.05) is 6.58 Å². The number of aliphatic carboxylic acids is 1. The van der Waals surface area contributed by atoms with Crippen LogP contribution in [0.15, 0.2) is 30.4 Å². The minimum Gasteiger partial charge on any atom is -0.478 e. The maximum absolute atomic E-state index is 12.7. The molecule has 0 aliphatic heterocycles. The quantitative estimate of drug-likeness (QED) is 0.662. The van der Waals surface area contributed by atoms with Crippen LogP contribution in [0.2, 0.25) is 0 Å². The third-order valence-electron chi connectivity index (χ3n) is 1.73. The summed E-state index contributed by atoms with van der Waals surface area (Å²) in [7, 11) is 0. The number of carboxylic acids is 1. The fourth-order valence-electron chi connectivity index (χ4n) is 0.910. The first-order chi connectivity index (χ1) is 7.00. The molecule has 2 N–H and O–H groups in total. The van der Waals surface area contributed by atoms with Gasteiger partial charge in [0.2, 0.25) is 0 Å². The van der Waals surface area contributed by atoms with Crippen LogP contribution in [0.1, 0.15) is 0 Å². The zero-order valence-electron chi connectivity index (χ0n) is 7.76. The Kier molecular flexibility index (Phi) is 4.07. The molecule has 0 saturated carbocycles. The summed E-state index contributed by atoms with van der Waals surface area (Å²) in [6, 6.07) is 4.24. The fraction of sp³-hybridized carbons (Fsp3) is 0.100. The van der Waals surface area contributed by atoms with E-state index in [1.54, 1.807) is 6.07 Å². The van der Waals surface area contributed by atoms with Crippen molar-refractivity contribution >= 4 is 34.2 Å². The van der Waals surface area contributed by atoms with Gasteiger partial charge in [0.15, 0.2) is 0 Å². The molecular formula is C10H9FINO2. The molecule has 80 valence electrons. The number of anilines is 1. The van der Waals surface area contributed by atoms with Crippen LogP contribution in [0.4, 0.5) is 10.1 Å². The molecule has 15 heavy (non-hydrogen) atoms. The summed E-state index contributed by atoms with van der Waals surface area (Å²) in [5, 5.41) is 11.4. The summed E-state index contributed by atoms with van der Waals surface area (Å²) < 4.78 is 13.4. The first-order valence-corrected chi connectivity index (χ1v) is 5.18. The molecule has 0 saturated heterocycles. The van der Waals surface area contributed by atoms with Crippen LogP contribution in [0.5, 0.6) is 0 Å². The zero-order chi connectivity index (χ0) is 11.4. The lowest BCUT2D eigenvalue weighted by Crippen LogP contribution is -2.11. The molecule has 0 spiro atoms. The van der Waals surface area contributed by atoms with Crippen LogP contribution >= 0.6 is 22.6 Å². The molecule has 0 heterocycles. The molecule has 1 rings (SSSR count). The smallest absolute Gasteiger partial charge is 0.332 e. The Morgan fingerprint density at radius 1 is 1.60 bits per heavy atom. The molecule has 0 amide bonds. The Labute approximate surface area is 100 Å².